The van der Waals surface area contributed by atoms with Crippen LogP contribution < -0.4 is 25.8 Å². The summed E-state index contributed by atoms with van der Waals surface area (Å²) in [6.07, 6.45) is 6.99. The van der Waals surface area contributed by atoms with Crippen molar-refractivity contribution in [3.63, 3.8) is 0 Å². The Hall–Kier alpha value is -2.70. The van der Waals surface area contributed by atoms with Gasteiger partial charge in [0.2, 0.25) is 16.9 Å². The van der Waals surface area contributed by atoms with Crippen LogP contribution >= 0.6 is 0 Å². The number of pyridine rings is 1. The average molecular weight is 482 g/mol. The van der Waals surface area contributed by atoms with Crippen molar-refractivity contribution in [1.29, 1.82) is 0 Å². The Morgan fingerprint density at radius 1 is 0.914 bits per heavy atom. The number of hydrogen-bond acceptors (Lipinski definition) is 3. The number of anilines is 1. The predicted octanol–water partition coefficient (Wildman–Crippen LogP) is 3.79. The van der Waals surface area contributed by atoms with Crippen molar-refractivity contribution in [1.82, 2.24) is 10.6 Å². The number of rotatable bonds is 14. The first-order chi connectivity index (χ1) is 16.5. The monoisotopic (exact) mass is 481 g/mol. The molecule has 35 heavy (non-hydrogen) atoms. The number of benzene rings is 2. The lowest BCUT2D eigenvalue weighted by atomic mass is 10.1. The number of carbonyl (C=O) groups excluding carboxylic acids is 1. The smallest absolute Gasteiger partial charge is 0.219 e. The second kappa shape index (κ2) is 14.6. The van der Waals surface area contributed by atoms with Crippen LogP contribution in [0, 0.1) is 0 Å². The normalized spacial score (nSPS) is 11.0. The first kappa shape index (κ1) is 28.5. The molecule has 1 heterocycles. The van der Waals surface area contributed by atoms with Gasteiger partial charge in [0.25, 0.3) is 0 Å². The van der Waals surface area contributed by atoms with Gasteiger partial charge in [-0.05, 0) is 69.0 Å². The number of amides is 1. The lowest BCUT2D eigenvalue weighted by Gasteiger charge is -2.14. The van der Waals surface area contributed by atoms with Gasteiger partial charge < -0.3 is 21.3 Å². The zero-order chi connectivity index (χ0) is 24.3. The minimum absolute atomic E-state index is 0. The summed E-state index contributed by atoms with van der Waals surface area (Å²) in [6.45, 7) is 3.57. The molecule has 3 rings (SSSR count). The third kappa shape index (κ3) is 8.18. The Morgan fingerprint density at radius 2 is 1.63 bits per heavy atom. The van der Waals surface area contributed by atoms with Crippen molar-refractivity contribution in [3.05, 3.63) is 48.0 Å². The molecule has 1 aromatic heterocycles. The molecule has 0 aliphatic carbocycles. The Bertz CT molecular complexity index is 1080. The highest BCUT2D eigenvalue weighted by atomic mass is 16.1. The SMILES string of the molecule is C.CNCc1ccc2cc3ccc(N(C)C)cc3[n+](CCCCCC(=O)NCCCCC[NH3+])c2c1. The van der Waals surface area contributed by atoms with Crippen LogP contribution in [0.3, 0.4) is 0 Å². The van der Waals surface area contributed by atoms with E-state index in [4.69, 9.17) is 0 Å². The first-order valence-electron chi connectivity index (χ1n) is 12.8. The van der Waals surface area contributed by atoms with Gasteiger partial charge in [-0.3, -0.25) is 4.79 Å². The van der Waals surface area contributed by atoms with E-state index >= 15 is 0 Å². The number of fused-ring (bicyclic) bond motifs is 2. The van der Waals surface area contributed by atoms with Crippen LogP contribution in [0.5, 0.6) is 0 Å². The number of aryl methyl sites for hydroxylation is 1. The molecule has 192 valence electrons. The van der Waals surface area contributed by atoms with E-state index in [9.17, 15) is 4.79 Å². The Labute approximate surface area is 211 Å². The van der Waals surface area contributed by atoms with Gasteiger partial charge in [-0.2, -0.15) is 4.57 Å². The lowest BCUT2D eigenvalue weighted by molar-refractivity contribution is -0.645. The summed E-state index contributed by atoms with van der Waals surface area (Å²) in [5.74, 6) is 0.185. The molecule has 0 saturated carbocycles. The van der Waals surface area contributed by atoms with E-state index in [1.807, 2.05) is 7.05 Å². The highest BCUT2D eigenvalue weighted by molar-refractivity contribution is 5.90. The third-order valence-corrected chi connectivity index (χ3v) is 6.43. The summed E-state index contributed by atoms with van der Waals surface area (Å²) >= 11 is 0. The van der Waals surface area contributed by atoms with E-state index in [1.54, 1.807) is 0 Å². The molecule has 6 heteroatoms. The third-order valence-electron chi connectivity index (χ3n) is 6.43. The zero-order valence-corrected chi connectivity index (χ0v) is 21.3. The summed E-state index contributed by atoms with van der Waals surface area (Å²) in [4.78, 5) is 14.3. The number of hydrogen-bond donors (Lipinski definition) is 3. The van der Waals surface area contributed by atoms with Crippen LogP contribution in [-0.4, -0.2) is 40.1 Å². The van der Waals surface area contributed by atoms with E-state index in [0.29, 0.717) is 6.42 Å². The minimum atomic E-state index is 0. The summed E-state index contributed by atoms with van der Waals surface area (Å²) in [5, 5.41) is 8.85. The standard InChI is InChI=1S/C28H41N5O.CH4/c1-30-21-22-11-12-23-19-24-13-14-25(32(2)3)20-27(24)33(26(23)18-22)17-9-4-6-10-28(34)31-16-8-5-7-15-29;/h11-14,18-20,30H,4-10,15-17,21,29H2,1-3H3;1H4/p+2. The van der Waals surface area contributed by atoms with Crippen molar-refractivity contribution >= 4 is 33.4 Å². The van der Waals surface area contributed by atoms with Crippen LogP contribution in [0.4, 0.5) is 5.69 Å². The molecule has 0 aliphatic heterocycles. The van der Waals surface area contributed by atoms with E-state index in [2.05, 4.69) is 82.4 Å². The fourth-order valence-electron chi connectivity index (χ4n) is 4.49. The van der Waals surface area contributed by atoms with Crippen LogP contribution in [-0.2, 0) is 17.9 Å². The van der Waals surface area contributed by atoms with Crippen molar-refractivity contribution < 1.29 is 15.1 Å². The Morgan fingerprint density at radius 3 is 2.34 bits per heavy atom. The van der Waals surface area contributed by atoms with Crippen molar-refractivity contribution in [2.24, 2.45) is 0 Å². The number of unbranched alkanes of at least 4 members (excludes halogenated alkanes) is 4. The summed E-state index contributed by atoms with van der Waals surface area (Å²) in [6, 6.07) is 15.8. The predicted molar refractivity (Wildman–Crippen MR) is 149 cm³/mol. The van der Waals surface area contributed by atoms with Crippen molar-refractivity contribution in [3.8, 4) is 0 Å². The second-order valence-corrected chi connectivity index (χ2v) is 9.43. The van der Waals surface area contributed by atoms with Gasteiger partial charge in [0.1, 0.15) is 6.54 Å². The lowest BCUT2D eigenvalue weighted by Crippen LogP contribution is -2.50. The fraction of sp³-hybridized carbons (Fsp3) is 0.517. The molecule has 0 unspecified atom stereocenters. The maximum absolute atomic E-state index is 12.1. The molecule has 5 N–H and O–H groups in total. The molecule has 1 amide bonds. The van der Waals surface area contributed by atoms with Gasteiger partial charge in [-0.1, -0.05) is 13.5 Å². The molecule has 0 spiro atoms. The van der Waals surface area contributed by atoms with Gasteiger partial charge in [0, 0.05) is 68.6 Å². The van der Waals surface area contributed by atoms with Gasteiger partial charge in [-0.25, -0.2) is 0 Å². The molecular weight excluding hydrogens is 434 g/mol. The highest BCUT2D eigenvalue weighted by Gasteiger charge is 2.17. The first-order valence-corrected chi connectivity index (χ1v) is 12.8. The molecule has 2 aromatic carbocycles. The molecule has 0 aliphatic rings. The highest BCUT2D eigenvalue weighted by Crippen LogP contribution is 2.24. The van der Waals surface area contributed by atoms with Crippen molar-refractivity contribution in [2.45, 2.75) is 65.5 Å². The summed E-state index contributed by atoms with van der Waals surface area (Å²) < 4.78 is 2.47. The second-order valence-electron chi connectivity index (χ2n) is 9.43. The Balaban J connectivity index is 0.00000432. The number of quaternary nitrogens is 1. The van der Waals surface area contributed by atoms with Crippen LogP contribution in [0.1, 0.15) is 57.9 Å². The molecule has 0 fully saturated rings. The number of carbonyl (C=O) groups is 1. The fourth-order valence-corrected chi connectivity index (χ4v) is 4.49. The van der Waals surface area contributed by atoms with Gasteiger partial charge in [0.05, 0.1) is 6.54 Å². The average Bonchev–Trinajstić information content (AvgIpc) is 2.83. The quantitative estimate of drug-likeness (QED) is 0.186. The van der Waals surface area contributed by atoms with Crippen molar-refractivity contribution in [2.75, 3.05) is 39.1 Å². The topological polar surface area (TPSA) is 75.9 Å². The van der Waals surface area contributed by atoms with E-state index in [1.165, 1.54) is 33.1 Å². The molecule has 0 bridgehead atoms. The molecule has 0 saturated heterocycles. The molecule has 3 aromatic rings. The van der Waals surface area contributed by atoms with Crippen LogP contribution in [0.25, 0.3) is 21.8 Å². The number of aromatic nitrogens is 1. The van der Waals surface area contributed by atoms with E-state index in [0.717, 1.165) is 64.7 Å². The maximum Gasteiger partial charge on any atom is 0.219 e. The zero-order valence-electron chi connectivity index (χ0n) is 21.3. The summed E-state index contributed by atoms with van der Waals surface area (Å²) in [5.41, 5.74) is 8.90. The van der Waals surface area contributed by atoms with Gasteiger partial charge >= 0.3 is 0 Å². The van der Waals surface area contributed by atoms with E-state index < -0.39 is 0 Å². The largest absolute Gasteiger partial charge is 0.377 e. The van der Waals surface area contributed by atoms with Gasteiger partial charge in [0.15, 0.2) is 0 Å². The van der Waals surface area contributed by atoms with E-state index in [-0.39, 0.29) is 13.3 Å². The minimum Gasteiger partial charge on any atom is -0.377 e. The van der Waals surface area contributed by atoms with Gasteiger partial charge in [-0.15, -0.1) is 0 Å². The number of nitrogens with one attached hydrogen (secondary N) is 2. The molecule has 6 nitrogen and oxygen atoms in total. The molecule has 0 atom stereocenters. The molecular formula is C29H47N5O+2. The summed E-state index contributed by atoms with van der Waals surface area (Å²) in [7, 11) is 6.16. The van der Waals surface area contributed by atoms with Crippen LogP contribution in [0.2, 0.25) is 0 Å². The van der Waals surface area contributed by atoms with Crippen LogP contribution in [0.15, 0.2) is 42.5 Å². The molecule has 0 radical (unpaired) electrons. The maximum atomic E-state index is 12.1. The number of nitrogens with zero attached hydrogens (tertiary/aromatic N) is 2. The Kier molecular flexibility index (Phi) is 11.9.